The summed E-state index contributed by atoms with van der Waals surface area (Å²) in [6.45, 7) is 7.43. The average Bonchev–Trinajstić information content (AvgIpc) is 3.46. The number of hydrogen-bond acceptors (Lipinski definition) is 0. The minimum atomic E-state index is -2.38. The van der Waals surface area contributed by atoms with Gasteiger partial charge in [-0.2, -0.15) is 0 Å². The van der Waals surface area contributed by atoms with Crippen molar-refractivity contribution < 1.29 is 46.1 Å². The predicted molar refractivity (Wildman–Crippen MR) is 138 cm³/mol. The van der Waals surface area contributed by atoms with Gasteiger partial charge in [0.25, 0.3) is 0 Å². The molecule has 0 heterocycles. The first-order valence-electron chi connectivity index (χ1n) is 11.6. The van der Waals surface area contributed by atoms with Crippen LogP contribution in [0.1, 0.15) is 32.3 Å². The van der Waals surface area contributed by atoms with E-state index in [-0.39, 0.29) is 24.8 Å². The van der Waals surface area contributed by atoms with E-state index in [1.54, 1.807) is 11.7 Å². The van der Waals surface area contributed by atoms with E-state index in [1.807, 2.05) is 0 Å². The summed E-state index contributed by atoms with van der Waals surface area (Å²) in [6.07, 6.45) is 11.2. The Kier molecular flexibility index (Phi) is 9.10. The third kappa shape index (κ3) is 5.47. The minimum Gasteiger partial charge on any atom is -1.00 e. The van der Waals surface area contributed by atoms with Gasteiger partial charge in [-0.3, -0.25) is 0 Å². The van der Waals surface area contributed by atoms with Gasteiger partial charge in [-0.1, -0.05) is 0 Å². The zero-order valence-corrected chi connectivity index (χ0v) is 24.9. The summed E-state index contributed by atoms with van der Waals surface area (Å²) in [5.74, 6) is 0. The van der Waals surface area contributed by atoms with Gasteiger partial charge in [-0.25, -0.2) is 0 Å². The fourth-order valence-corrected chi connectivity index (χ4v) is 15.2. The van der Waals surface area contributed by atoms with Gasteiger partial charge >= 0.3 is 202 Å². The van der Waals surface area contributed by atoms with Crippen LogP contribution in [0.3, 0.4) is 0 Å². The monoisotopic (exact) mass is 578 g/mol. The van der Waals surface area contributed by atoms with Crippen LogP contribution in [0.2, 0.25) is 19.6 Å². The van der Waals surface area contributed by atoms with E-state index < -0.39 is 29.3 Å². The Labute approximate surface area is 225 Å². The quantitative estimate of drug-likeness (QED) is 0.404. The fraction of sp³-hybridized carbons (Fsp3) is 0.167. The minimum absolute atomic E-state index is 0. The molecule has 1 unspecified atom stereocenters. The zero-order chi connectivity index (χ0) is 22.1. The van der Waals surface area contributed by atoms with E-state index in [4.69, 9.17) is 0 Å². The normalized spacial score (nSPS) is 15.8. The molecule has 3 aromatic carbocycles. The Morgan fingerprint density at radius 1 is 0.765 bits per heavy atom. The molecule has 3 aromatic rings. The van der Waals surface area contributed by atoms with Crippen LogP contribution in [0.5, 0.6) is 0 Å². The third-order valence-corrected chi connectivity index (χ3v) is 16.7. The molecule has 4 heteroatoms. The van der Waals surface area contributed by atoms with Gasteiger partial charge in [0, 0.05) is 0 Å². The summed E-state index contributed by atoms with van der Waals surface area (Å²) in [5, 5.41) is 1.64. The molecule has 172 valence electrons. The van der Waals surface area contributed by atoms with Crippen molar-refractivity contribution in [3.8, 4) is 0 Å². The van der Waals surface area contributed by atoms with Crippen LogP contribution in [-0.4, -0.2) is 11.3 Å². The largest absolute Gasteiger partial charge is 1.00 e. The molecule has 0 radical (unpaired) electrons. The molecule has 0 aromatic heterocycles. The molecule has 0 saturated heterocycles. The molecule has 0 N–H and O–H groups in total. The SMILES string of the molecule is C[Si](C)(C)C1=CC[C]([Zr+2](=[C](c2ccccc2)c2ccccc2)[CH]2C=Cc3ccccc32)=C1.[Cl-].[Cl-]. The predicted octanol–water partition coefficient (Wildman–Crippen LogP) is 1.74. The van der Waals surface area contributed by atoms with Gasteiger partial charge in [0.2, 0.25) is 0 Å². The van der Waals surface area contributed by atoms with Crippen LogP contribution >= 0.6 is 0 Å². The molecule has 0 spiro atoms. The molecule has 0 nitrogen and oxygen atoms in total. The van der Waals surface area contributed by atoms with Gasteiger partial charge < -0.3 is 24.8 Å². The van der Waals surface area contributed by atoms with E-state index in [9.17, 15) is 0 Å². The van der Waals surface area contributed by atoms with Crippen molar-refractivity contribution in [2.24, 2.45) is 0 Å². The maximum atomic E-state index is 2.64. The van der Waals surface area contributed by atoms with Crippen molar-refractivity contribution in [2.45, 2.75) is 29.7 Å². The molecule has 34 heavy (non-hydrogen) atoms. The van der Waals surface area contributed by atoms with E-state index in [2.05, 4.69) is 129 Å². The Morgan fingerprint density at radius 3 is 1.88 bits per heavy atom. The maximum absolute atomic E-state index is 2.64. The second-order valence-corrected chi connectivity index (χ2v) is 21.2. The summed E-state index contributed by atoms with van der Waals surface area (Å²) in [6, 6.07) is 31.4. The molecule has 5 rings (SSSR count). The Bertz CT molecular complexity index is 1220. The first-order chi connectivity index (χ1) is 15.5. The van der Waals surface area contributed by atoms with Crippen molar-refractivity contribution in [2.75, 3.05) is 0 Å². The summed E-state index contributed by atoms with van der Waals surface area (Å²) < 4.78 is 3.93. The zero-order valence-electron chi connectivity index (χ0n) is 19.9. The summed E-state index contributed by atoms with van der Waals surface area (Å²) >= 11 is -2.38. The summed E-state index contributed by atoms with van der Waals surface area (Å²) in [7, 11) is -1.33. The number of hydrogen-bond donors (Lipinski definition) is 0. The first-order valence-corrected chi connectivity index (χ1v) is 18.9. The molecular weight excluding hydrogens is 551 g/mol. The maximum Gasteiger partial charge on any atom is -1.00 e. The van der Waals surface area contributed by atoms with Crippen LogP contribution in [0, 0.1) is 0 Å². The van der Waals surface area contributed by atoms with E-state index >= 15 is 0 Å². The van der Waals surface area contributed by atoms with Gasteiger partial charge in [0.1, 0.15) is 0 Å². The molecule has 2 aliphatic carbocycles. The Balaban J connectivity index is 0.00000162. The molecule has 0 aliphatic heterocycles. The molecule has 2 aliphatic rings. The molecular formula is C30H30Cl2SiZr. The van der Waals surface area contributed by atoms with E-state index in [1.165, 1.54) is 22.3 Å². The van der Waals surface area contributed by atoms with E-state index in [0.717, 1.165) is 6.42 Å². The van der Waals surface area contributed by atoms with Crippen molar-refractivity contribution in [1.82, 2.24) is 0 Å². The van der Waals surface area contributed by atoms with Crippen molar-refractivity contribution in [1.29, 1.82) is 0 Å². The van der Waals surface area contributed by atoms with Gasteiger partial charge in [0.05, 0.1) is 0 Å². The molecule has 0 bridgehead atoms. The van der Waals surface area contributed by atoms with Crippen LogP contribution in [0.25, 0.3) is 6.08 Å². The van der Waals surface area contributed by atoms with Crippen molar-refractivity contribution >= 4 is 17.4 Å². The topological polar surface area (TPSA) is 0 Å². The van der Waals surface area contributed by atoms with Crippen molar-refractivity contribution in [3.05, 3.63) is 134 Å². The summed E-state index contributed by atoms with van der Waals surface area (Å²) in [5.41, 5.74) is 5.77. The van der Waals surface area contributed by atoms with Crippen molar-refractivity contribution in [3.63, 3.8) is 0 Å². The number of rotatable bonds is 5. The second kappa shape index (κ2) is 11.4. The van der Waals surface area contributed by atoms with Gasteiger partial charge in [-0.05, 0) is 0 Å². The van der Waals surface area contributed by atoms with Crippen LogP contribution < -0.4 is 24.8 Å². The molecule has 0 fully saturated rings. The van der Waals surface area contributed by atoms with Crippen LogP contribution in [-0.2, 0) is 21.3 Å². The van der Waals surface area contributed by atoms with Crippen LogP contribution in [0.15, 0.2) is 112 Å². The van der Waals surface area contributed by atoms with Crippen LogP contribution in [0.4, 0.5) is 0 Å². The van der Waals surface area contributed by atoms with E-state index in [0.29, 0.717) is 3.63 Å². The molecule has 0 amide bonds. The fourth-order valence-electron chi connectivity index (χ4n) is 4.94. The first kappa shape index (κ1) is 27.0. The molecule has 1 atom stereocenters. The van der Waals surface area contributed by atoms with Gasteiger partial charge in [0.15, 0.2) is 0 Å². The number of allylic oxidation sites excluding steroid dienone is 5. The standard InChI is InChI=1S/C13H10.C9H7.C8H13Si.2ClH.Zr/c1-3-7-12(8-4-1)11-13-9-5-2-6-10-13;1-2-5-9-7-3-6-8(9)4-1;1-9(2,3)8-6-4-5-7-8;;;/h1-10H;1-7H;6-7H,4H2,1-3H3;2*1H;/q;;;;;+2/p-2. The van der Waals surface area contributed by atoms with Gasteiger partial charge in [-0.15, -0.1) is 0 Å². The number of benzene rings is 3. The Morgan fingerprint density at radius 2 is 1.32 bits per heavy atom. The number of halogens is 2. The number of fused-ring (bicyclic) bond motifs is 1. The smallest absolute Gasteiger partial charge is 1.00 e. The summed E-state index contributed by atoms with van der Waals surface area (Å²) in [4.78, 5) is 0. The molecule has 0 saturated carbocycles. The Hall–Kier alpha value is -1.57. The average molecular weight is 581 g/mol. The third-order valence-electron chi connectivity index (χ3n) is 6.59. The second-order valence-electron chi connectivity index (χ2n) is 9.77.